The van der Waals surface area contributed by atoms with Crippen molar-refractivity contribution < 1.29 is 22.7 Å². The Balaban J connectivity index is 1.70. The number of aryl methyl sites for hydroxylation is 1. The van der Waals surface area contributed by atoms with Gasteiger partial charge in [-0.2, -0.15) is 5.10 Å². The molecule has 1 aromatic heterocycles. The van der Waals surface area contributed by atoms with Crippen molar-refractivity contribution in [3.63, 3.8) is 0 Å². The smallest absolute Gasteiger partial charge is 0.406 e. The summed E-state index contributed by atoms with van der Waals surface area (Å²) in [6.07, 6.45) is -4.97. The Bertz CT molecular complexity index is 1090. The molecule has 3 rings (SSSR count). The van der Waals surface area contributed by atoms with E-state index in [4.69, 9.17) is 0 Å². The van der Waals surface area contributed by atoms with Crippen molar-refractivity contribution in [3.05, 3.63) is 70.0 Å². The number of para-hydroxylation sites is 1. The summed E-state index contributed by atoms with van der Waals surface area (Å²) in [4.78, 5) is 24.9. The normalized spacial score (nSPS) is 12.6. The van der Waals surface area contributed by atoms with Crippen molar-refractivity contribution in [1.82, 2.24) is 15.1 Å². The largest absolute Gasteiger partial charge is 0.573 e. The number of ether oxygens (including phenoxy) is 1. The number of rotatable bonds is 5. The molecule has 0 bridgehead atoms. The number of fused-ring (bicyclic) bond motifs is 1. The molecular weight excluding hydrogens is 387 g/mol. The summed E-state index contributed by atoms with van der Waals surface area (Å²) >= 11 is 0. The molecule has 1 heterocycles. The second-order valence-electron chi connectivity index (χ2n) is 6.50. The third-order valence-corrected chi connectivity index (χ3v) is 4.35. The van der Waals surface area contributed by atoms with E-state index in [1.807, 2.05) is 0 Å². The van der Waals surface area contributed by atoms with E-state index in [2.05, 4.69) is 15.2 Å². The first-order valence-corrected chi connectivity index (χ1v) is 8.74. The number of hydrogen-bond acceptors (Lipinski definition) is 4. The van der Waals surface area contributed by atoms with Gasteiger partial charge in [0.15, 0.2) is 0 Å². The summed E-state index contributed by atoms with van der Waals surface area (Å²) in [5, 5.41) is 7.38. The number of carbonyl (C=O) groups excluding carboxylic acids is 1. The maximum absolute atomic E-state index is 12.6. The summed E-state index contributed by atoms with van der Waals surface area (Å²) < 4.78 is 42.0. The van der Waals surface area contributed by atoms with Crippen molar-refractivity contribution in [2.45, 2.75) is 25.7 Å². The fourth-order valence-electron chi connectivity index (χ4n) is 2.99. The minimum absolute atomic E-state index is 0.116. The number of carbonyl (C=O) groups is 1. The van der Waals surface area contributed by atoms with Crippen LogP contribution in [0.5, 0.6) is 5.75 Å². The molecule has 3 aromatic rings. The van der Waals surface area contributed by atoms with Crippen LogP contribution in [0.4, 0.5) is 13.2 Å². The minimum atomic E-state index is -4.76. The number of nitrogens with one attached hydrogen (secondary N) is 1. The lowest BCUT2D eigenvalue weighted by Gasteiger charge is -2.15. The van der Waals surface area contributed by atoms with Crippen LogP contribution in [-0.4, -0.2) is 22.1 Å². The zero-order valence-corrected chi connectivity index (χ0v) is 15.7. The van der Waals surface area contributed by atoms with E-state index in [0.717, 1.165) is 0 Å². The number of nitrogens with zero attached hydrogens (tertiary/aromatic N) is 2. The predicted octanol–water partition coefficient (Wildman–Crippen LogP) is 3.25. The van der Waals surface area contributed by atoms with E-state index >= 15 is 0 Å². The first-order chi connectivity index (χ1) is 13.6. The maximum Gasteiger partial charge on any atom is 0.573 e. The third kappa shape index (κ3) is 4.92. The summed E-state index contributed by atoms with van der Waals surface area (Å²) in [7, 11) is 1.69. The average Bonchev–Trinajstić information content (AvgIpc) is 2.65. The number of benzene rings is 2. The van der Waals surface area contributed by atoms with Crippen LogP contribution in [0.15, 0.2) is 53.3 Å². The first kappa shape index (κ1) is 20.4. The summed E-state index contributed by atoms with van der Waals surface area (Å²) in [5.41, 5.74) is 1.06. The molecule has 0 aliphatic heterocycles. The molecule has 152 valence electrons. The van der Waals surface area contributed by atoms with Crippen LogP contribution < -0.4 is 15.5 Å². The highest BCUT2D eigenvalue weighted by Crippen LogP contribution is 2.24. The molecule has 1 N–H and O–H groups in total. The van der Waals surface area contributed by atoms with Gasteiger partial charge in [-0.1, -0.05) is 24.3 Å². The highest BCUT2D eigenvalue weighted by atomic mass is 19.4. The van der Waals surface area contributed by atoms with Gasteiger partial charge in [0.2, 0.25) is 11.3 Å². The van der Waals surface area contributed by atoms with Crippen LogP contribution >= 0.6 is 0 Å². The van der Waals surface area contributed by atoms with Gasteiger partial charge in [0, 0.05) is 12.4 Å². The Kier molecular flexibility index (Phi) is 5.58. The van der Waals surface area contributed by atoms with Gasteiger partial charge in [-0.25, -0.2) is 0 Å². The van der Waals surface area contributed by atoms with Gasteiger partial charge in [0.25, 0.3) is 0 Å². The highest BCUT2D eigenvalue weighted by Gasteiger charge is 2.31. The fraction of sp³-hybridized carbons (Fsp3) is 0.250. The standard InChI is InChI=1S/C20H18F3N3O3/c1-12(13-7-9-14(10-8-13)29-20(21,22)23)24-18(27)11-16-19(28)15-5-3-4-6-17(15)26(2)25-16/h3-10,12H,11H2,1-2H3,(H,24,27)/t12-/m0/s1. The molecule has 2 aromatic carbocycles. The van der Waals surface area contributed by atoms with Gasteiger partial charge in [-0.15, -0.1) is 13.2 Å². The van der Waals surface area contributed by atoms with Crippen molar-refractivity contribution in [2.24, 2.45) is 7.05 Å². The number of aromatic nitrogens is 2. The summed E-state index contributed by atoms with van der Waals surface area (Å²) in [6, 6.07) is 11.7. The average molecular weight is 405 g/mol. The molecule has 0 aliphatic rings. The minimum Gasteiger partial charge on any atom is -0.406 e. The van der Waals surface area contributed by atoms with E-state index in [-0.39, 0.29) is 23.3 Å². The van der Waals surface area contributed by atoms with Crippen LogP contribution in [0.25, 0.3) is 10.9 Å². The fourth-order valence-corrected chi connectivity index (χ4v) is 2.99. The van der Waals surface area contributed by atoms with Crippen molar-refractivity contribution >= 4 is 16.8 Å². The SMILES string of the molecule is C[C@H](NC(=O)Cc1nn(C)c2ccccc2c1=O)c1ccc(OC(F)(F)F)cc1. The Morgan fingerprint density at radius 1 is 1.17 bits per heavy atom. The van der Waals surface area contributed by atoms with Gasteiger partial charge in [-0.05, 0) is 36.8 Å². The predicted molar refractivity (Wildman–Crippen MR) is 100 cm³/mol. The zero-order valence-electron chi connectivity index (χ0n) is 15.7. The molecule has 0 saturated heterocycles. The first-order valence-electron chi connectivity index (χ1n) is 8.74. The molecule has 0 radical (unpaired) electrons. The lowest BCUT2D eigenvalue weighted by Crippen LogP contribution is -2.31. The third-order valence-electron chi connectivity index (χ3n) is 4.35. The van der Waals surface area contributed by atoms with E-state index < -0.39 is 18.3 Å². The zero-order chi connectivity index (χ0) is 21.2. The number of halogens is 3. The van der Waals surface area contributed by atoms with Crippen molar-refractivity contribution in [3.8, 4) is 5.75 Å². The molecule has 9 heteroatoms. The summed E-state index contributed by atoms with van der Waals surface area (Å²) in [6.45, 7) is 1.68. The Labute approximate surface area is 163 Å². The van der Waals surface area contributed by atoms with Gasteiger partial charge >= 0.3 is 6.36 Å². The van der Waals surface area contributed by atoms with E-state index in [0.29, 0.717) is 16.5 Å². The molecule has 1 amide bonds. The van der Waals surface area contributed by atoms with Crippen LogP contribution in [0.3, 0.4) is 0 Å². The van der Waals surface area contributed by atoms with Crippen LogP contribution in [0, 0.1) is 0 Å². The van der Waals surface area contributed by atoms with E-state index in [9.17, 15) is 22.8 Å². The Morgan fingerprint density at radius 2 is 1.83 bits per heavy atom. The quantitative estimate of drug-likeness (QED) is 0.707. The van der Waals surface area contributed by atoms with Gasteiger partial charge in [0.1, 0.15) is 11.4 Å². The van der Waals surface area contributed by atoms with Crippen molar-refractivity contribution in [1.29, 1.82) is 0 Å². The number of amides is 1. The second-order valence-corrected chi connectivity index (χ2v) is 6.50. The molecule has 1 atom stereocenters. The molecule has 0 fully saturated rings. The summed E-state index contributed by atoms with van der Waals surface area (Å²) in [5.74, 6) is -0.767. The topological polar surface area (TPSA) is 73.2 Å². The van der Waals surface area contributed by atoms with Crippen molar-refractivity contribution in [2.75, 3.05) is 0 Å². The highest BCUT2D eigenvalue weighted by molar-refractivity contribution is 5.82. The maximum atomic E-state index is 12.6. The molecule has 0 aliphatic carbocycles. The van der Waals surface area contributed by atoms with E-state index in [1.54, 1.807) is 42.9 Å². The van der Waals surface area contributed by atoms with Gasteiger partial charge in [0.05, 0.1) is 18.0 Å². The number of hydrogen-bond donors (Lipinski definition) is 1. The molecule has 0 spiro atoms. The molecule has 29 heavy (non-hydrogen) atoms. The number of alkyl halides is 3. The molecular formula is C20H18F3N3O3. The van der Waals surface area contributed by atoms with Crippen LogP contribution in [0.1, 0.15) is 24.2 Å². The van der Waals surface area contributed by atoms with Gasteiger partial charge < -0.3 is 10.1 Å². The lowest BCUT2D eigenvalue weighted by molar-refractivity contribution is -0.274. The van der Waals surface area contributed by atoms with Crippen LogP contribution in [0.2, 0.25) is 0 Å². The molecule has 6 nitrogen and oxygen atoms in total. The lowest BCUT2D eigenvalue weighted by atomic mass is 10.1. The Morgan fingerprint density at radius 3 is 2.48 bits per heavy atom. The van der Waals surface area contributed by atoms with E-state index in [1.165, 1.54) is 24.3 Å². The van der Waals surface area contributed by atoms with Crippen LogP contribution in [-0.2, 0) is 18.3 Å². The second kappa shape index (κ2) is 7.94. The Hall–Kier alpha value is -3.36. The molecule has 0 unspecified atom stereocenters. The van der Waals surface area contributed by atoms with Gasteiger partial charge in [-0.3, -0.25) is 14.3 Å². The molecule has 0 saturated carbocycles. The monoisotopic (exact) mass is 405 g/mol.